The van der Waals surface area contributed by atoms with Crippen molar-refractivity contribution >= 4 is 0 Å². The normalized spacial score (nSPS) is 25.8. The Morgan fingerprint density at radius 1 is 1.35 bits per heavy atom. The molecule has 20 heavy (non-hydrogen) atoms. The lowest BCUT2D eigenvalue weighted by Crippen LogP contribution is -2.37. The molecule has 4 nitrogen and oxygen atoms in total. The molecule has 1 N–H and O–H groups in total. The Labute approximate surface area is 122 Å². The third-order valence-corrected chi connectivity index (χ3v) is 4.52. The summed E-state index contributed by atoms with van der Waals surface area (Å²) in [5.41, 5.74) is 1.36. The molecule has 0 aromatic carbocycles. The van der Waals surface area contributed by atoms with Crippen molar-refractivity contribution in [3.05, 3.63) is 23.7 Å². The zero-order chi connectivity index (χ0) is 13.9. The minimum absolute atomic E-state index is 0.613. The molecule has 0 amide bonds. The van der Waals surface area contributed by atoms with Crippen LogP contribution in [0.3, 0.4) is 0 Å². The van der Waals surface area contributed by atoms with Gasteiger partial charge in [-0.1, -0.05) is 0 Å². The van der Waals surface area contributed by atoms with E-state index in [0.717, 1.165) is 31.4 Å². The molecule has 1 saturated heterocycles. The van der Waals surface area contributed by atoms with Crippen molar-refractivity contribution in [1.29, 1.82) is 0 Å². The van der Waals surface area contributed by atoms with Gasteiger partial charge in [0.25, 0.3) is 0 Å². The van der Waals surface area contributed by atoms with Gasteiger partial charge in [0.1, 0.15) is 5.76 Å². The number of nitrogens with one attached hydrogen (secondary N) is 1. The lowest BCUT2D eigenvalue weighted by molar-refractivity contribution is 0.193. The first kappa shape index (κ1) is 14.1. The summed E-state index contributed by atoms with van der Waals surface area (Å²) in [7, 11) is 2.23. The monoisotopic (exact) mass is 277 g/mol. The summed E-state index contributed by atoms with van der Waals surface area (Å²) < 4.78 is 5.67. The van der Waals surface area contributed by atoms with E-state index in [2.05, 4.69) is 35.2 Å². The predicted octanol–water partition coefficient (Wildman–Crippen LogP) is 2.06. The van der Waals surface area contributed by atoms with Gasteiger partial charge < -0.3 is 14.6 Å². The van der Waals surface area contributed by atoms with Crippen LogP contribution in [0, 0.1) is 0 Å². The Hall–Kier alpha value is -0.840. The molecule has 1 unspecified atom stereocenters. The van der Waals surface area contributed by atoms with Crippen molar-refractivity contribution in [3.8, 4) is 0 Å². The molecule has 0 radical (unpaired) electrons. The molecule has 2 aliphatic rings. The molecule has 0 spiro atoms. The van der Waals surface area contributed by atoms with Crippen LogP contribution in [-0.4, -0.2) is 48.6 Å². The number of nitrogens with zero attached hydrogens (tertiary/aromatic N) is 2. The average Bonchev–Trinajstić information content (AvgIpc) is 3.16. The standard InChI is InChI=1S/C16H27N3O/c1-13-11-18(2)7-3-8-19(13)12-14-6-9-20-16(14)10-17-15-4-5-15/h6,9,13,15,17H,3-5,7-8,10-12H2,1-2H3. The summed E-state index contributed by atoms with van der Waals surface area (Å²) in [5.74, 6) is 1.13. The van der Waals surface area contributed by atoms with Crippen molar-refractivity contribution in [3.63, 3.8) is 0 Å². The zero-order valence-electron chi connectivity index (χ0n) is 12.8. The Kier molecular flexibility index (Phi) is 4.44. The van der Waals surface area contributed by atoms with Gasteiger partial charge in [-0.25, -0.2) is 0 Å². The smallest absolute Gasteiger partial charge is 0.122 e. The van der Waals surface area contributed by atoms with Crippen LogP contribution in [0.5, 0.6) is 0 Å². The second-order valence-corrected chi connectivity index (χ2v) is 6.46. The number of furan rings is 1. The first-order valence-electron chi connectivity index (χ1n) is 7.93. The third-order valence-electron chi connectivity index (χ3n) is 4.52. The molecular formula is C16H27N3O. The van der Waals surface area contributed by atoms with Crippen LogP contribution in [0.4, 0.5) is 0 Å². The highest BCUT2D eigenvalue weighted by molar-refractivity contribution is 5.17. The van der Waals surface area contributed by atoms with Gasteiger partial charge in [-0.05, 0) is 45.8 Å². The maximum atomic E-state index is 5.67. The molecule has 4 heteroatoms. The molecule has 1 aliphatic heterocycles. The Bertz CT molecular complexity index is 427. The van der Waals surface area contributed by atoms with Gasteiger partial charge in [0.15, 0.2) is 0 Å². The molecule has 1 saturated carbocycles. The first-order chi connectivity index (χ1) is 9.72. The first-order valence-corrected chi connectivity index (χ1v) is 7.93. The quantitative estimate of drug-likeness (QED) is 0.893. The van der Waals surface area contributed by atoms with E-state index in [4.69, 9.17) is 4.42 Å². The van der Waals surface area contributed by atoms with Gasteiger partial charge in [0, 0.05) is 37.3 Å². The molecule has 1 aliphatic carbocycles. The van der Waals surface area contributed by atoms with E-state index in [9.17, 15) is 0 Å². The highest BCUT2D eigenvalue weighted by Gasteiger charge is 2.23. The van der Waals surface area contributed by atoms with Crippen molar-refractivity contribution in [2.75, 3.05) is 26.7 Å². The minimum Gasteiger partial charge on any atom is -0.468 e. The Morgan fingerprint density at radius 3 is 3.00 bits per heavy atom. The van der Waals surface area contributed by atoms with Crippen molar-refractivity contribution < 1.29 is 4.42 Å². The van der Waals surface area contributed by atoms with Crippen molar-refractivity contribution in [1.82, 2.24) is 15.1 Å². The van der Waals surface area contributed by atoms with Crippen LogP contribution in [0.1, 0.15) is 37.5 Å². The maximum Gasteiger partial charge on any atom is 0.122 e. The zero-order valence-corrected chi connectivity index (χ0v) is 12.8. The van der Waals surface area contributed by atoms with E-state index in [1.165, 1.54) is 37.9 Å². The Morgan fingerprint density at radius 2 is 2.20 bits per heavy atom. The van der Waals surface area contributed by atoms with Crippen molar-refractivity contribution in [2.24, 2.45) is 0 Å². The number of hydrogen-bond acceptors (Lipinski definition) is 4. The van der Waals surface area contributed by atoms with E-state index >= 15 is 0 Å². The number of likely N-dealkylation sites (N-methyl/N-ethyl adjacent to an activating group) is 1. The predicted molar refractivity (Wildman–Crippen MR) is 80.6 cm³/mol. The molecular weight excluding hydrogens is 250 g/mol. The third kappa shape index (κ3) is 3.62. The Balaban J connectivity index is 1.59. The highest BCUT2D eigenvalue weighted by atomic mass is 16.3. The van der Waals surface area contributed by atoms with Crippen LogP contribution < -0.4 is 5.32 Å². The summed E-state index contributed by atoms with van der Waals surface area (Å²) >= 11 is 0. The van der Waals surface area contributed by atoms with Crippen molar-refractivity contribution in [2.45, 2.75) is 51.4 Å². The van der Waals surface area contributed by atoms with Gasteiger partial charge in [-0.3, -0.25) is 4.90 Å². The van der Waals surface area contributed by atoms with E-state index in [1.807, 2.05) is 6.26 Å². The second-order valence-electron chi connectivity index (χ2n) is 6.46. The molecule has 112 valence electrons. The summed E-state index contributed by atoms with van der Waals surface area (Å²) in [4.78, 5) is 5.03. The lowest BCUT2D eigenvalue weighted by atomic mass is 10.2. The fourth-order valence-electron chi connectivity index (χ4n) is 3.06. The van der Waals surface area contributed by atoms with E-state index in [1.54, 1.807) is 0 Å². The van der Waals surface area contributed by atoms with Crippen LogP contribution in [0.15, 0.2) is 16.7 Å². The molecule has 2 heterocycles. The highest BCUT2D eigenvalue weighted by Crippen LogP contribution is 2.21. The van der Waals surface area contributed by atoms with Crippen LogP contribution in [-0.2, 0) is 13.1 Å². The second kappa shape index (κ2) is 6.29. The largest absolute Gasteiger partial charge is 0.468 e. The molecule has 1 aromatic rings. The fourth-order valence-corrected chi connectivity index (χ4v) is 3.06. The molecule has 1 aromatic heterocycles. The number of rotatable bonds is 5. The molecule has 1 atom stereocenters. The molecule has 0 bridgehead atoms. The van der Waals surface area contributed by atoms with E-state index in [-0.39, 0.29) is 0 Å². The van der Waals surface area contributed by atoms with Gasteiger partial charge in [0.2, 0.25) is 0 Å². The number of hydrogen-bond donors (Lipinski definition) is 1. The lowest BCUT2D eigenvalue weighted by Gasteiger charge is -2.27. The van der Waals surface area contributed by atoms with Crippen LogP contribution in [0.2, 0.25) is 0 Å². The SMILES string of the molecule is CC1CN(C)CCCN1Cc1ccoc1CNC1CC1. The van der Waals surface area contributed by atoms with Gasteiger partial charge in [-0.15, -0.1) is 0 Å². The van der Waals surface area contributed by atoms with Gasteiger partial charge in [-0.2, -0.15) is 0 Å². The summed E-state index contributed by atoms with van der Waals surface area (Å²) in [6.07, 6.45) is 5.75. The van der Waals surface area contributed by atoms with E-state index < -0.39 is 0 Å². The topological polar surface area (TPSA) is 31.6 Å². The molecule has 3 rings (SSSR count). The van der Waals surface area contributed by atoms with Gasteiger partial charge >= 0.3 is 0 Å². The molecule has 2 fully saturated rings. The summed E-state index contributed by atoms with van der Waals surface area (Å²) in [6, 6.07) is 3.49. The average molecular weight is 277 g/mol. The summed E-state index contributed by atoms with van der Waals surface area (Å²) in [5, 5.41) is 3.55. The van der Waals surface area contributed by atoms with Crippen LogP contribution in [0.25, 0.3) is 0 Å². The fraction of sp³-hybridized carbons (Fsp3) is 0.750. The minimum atomic E-state index is 0.613. The van der Waals surface area contributed by atoms with Crippen LogP contribution >= 0.6 is 0 Å². The summed E-state index contributed by atoms with van der Waals surface area (Å²) in [6.45, 7) is 7.80. The van der Waals surface area contributed by atoms with E-state index in [0.29, 0.717) is 6.04 Å². The van der Waals surface area contributed by atoms with Gasteiger partial charge in [0.05, 0.1) is 12.8 Å². The maximum absolute atomic E-state index is 5.67.